The molecule has 0 amide bonds. The van der Waals surface area contributed by atoms with Gasteiger partial charge in [-0.2, -0.15) is 0 Å². The van der Waals surface area contributed by atoms with E-state index in [0.717, 1.165) is 13.0 Å². The molecular weight excluding hydrogens is 300 g/mol. The van der Waals surface area contributed by atoms with Crippen molar-refractivity contribution in [3.8, 4) is 0 Å². The standard InChI is InChI=1S/C20H34O2Si/c1-20(2,3)23(4,5)22-18(15-19-16-21-19)14-10-9-13-17-11-7-6-8-12-17/h6-8,11-12,18-19H,9-10,13-16H2,1-5H3/t18-,19+/m1/s1. The van der Waals surface area contributed by atoms with Gasteiger partial charge >= 0.3 is 0 Å². The van der Waals surface area contributed by atoms with Crippen molar-refractivity contribution in [2.24, 2.45) is 0 Å². The lowest BCUT2D eigenvalue weighted by Crippen LogP contribution is -2.44. The lowest BCUT2D eigenvalue weighted by molar-refractivity contribution is 0.146. The van der Waals surface area contributed by atoms with Crippen LogP contribution in [0.5, 0.6) is 0 Å². The van der Waals surface area contributed by atoms with Crippen LogP contribution in [0.15, 0.2) is 30.3 Å². The first-order chi connectivity index (χ1) is 10.8. The van der Waals surface area contributed by atoms with Gasteiger partial charge < -0.3 is 9.16 Å². The van der Waals surface area contributed by atoms with E-state index >= 15 is 0 Å². The molecular formula is C20H34O2Si. The number of epoxide rings is 1. The second-order valence-corrected chi connectivity index (χ2v) is 13.2. The second-order valence-electron chi connectivity index (χ2n) is 8.42. The molecule has 1 aromatic carbocycles. The number of benzene rings is 1. The number of rotatable bonds is 9. The third kappa shape index (κ3) is 6.40. The van der Waals surface area contributed by atoms with Gasteiger partial charge in [0.05, 0.1) is 12.7 Å². The van der Waals surface area contributed by atoms with E-state index in [2.05, 4.69) is 64.2 Å². The Morgan fingerprint density at radius 2 is 1.83 bits per heavy atom. The first kappa shape index (κ1) is 18.7. The van der Waals surface area contributed by atoms with Crippen molar-refractivity contribution in [1.29, 1.82) is 0 Å². The lowest BCUT2D eigenvalue weighted by Gasteiger charge is -2.39. The zero-order chi connectivity index (χ0) is 16.9. The fourth-order valence-corrected chi connectivity index (χ4v) is 4.06. The van der Waals surface area contributed by atoms with Crippen molar-refractivity contribution in [3.63, 3.8) is 0 Å². The minimum atomic E-state index is -1.69. The van der Waals surface area contributed by atoms with Crippen molar-refractivity contribution in [2.45, 2.75) is 83.2 Å². The zero-order valence-corrected chi connectivity index (χ0v) is 16.6. The Hall–Kier alpha value is -0.643. The van der Waals surface area contributed by atoms with Crippen LogP contribution >= 0.6 is 0 Å². The molecule has 1 aliphatic heterocycles. The Morgan fingerprint density at radius 3 is 2.39 bits per heavy atom. The molecule has 1 aromatic rings. The fraction of sp³-hybridized carbons (Fsp3) is 0.700. The smallest absolute Gasteiger partial charge is 0.192 e. The molecule has 130 valence electrons. The van der Waals surface area contributed by atoms with Gasteiger partial charge in [-0.3, -0.25) is 0 Å². The zero-order valence-electron chi connectivity index (χ0n) is 15.6. The number of aryl methyl sites for hydroxylation is 1. The average Bonchev–Trinajstić information content (AvgIpc) is 3.27. The van der Waals surface area contributed by atoms with Gasteiger partial charge in [-0.1, -0.05) is 57.5 Å². The molecule has 0 unspecified atom stereocenters. The Bertz CT molecular complexity index is 460. The van der Waals surface area contributed by atoms with E-state index in [-0.39, 0.29) is 5.04 Å². The summed E-state index contributed by atoms with van der Waals surface area (Å²) in [4.78, 5) is 0. The monoisotopic (exact) mass is 334 g/mol. The maximum atomic E-state index is 6.66. The van der Waals surface area contributed by atoms with Crippen molar-refractivity contribution in [3.05, 3.63) is 35.9 Å². The third-order valence-corrected chi connectivity index (χ3v) is 9.81. The van der Waals surface area contributed by atoms with E-state index in [1.54, 1.807) is 0 Å². The number of hydrogen-bond acceptors (Lipinski definition) is 2. The molecule has 0 aromatic heterocycles. The summed E-state index contributed by atoms with van der Waals surface area (Å²) in [6, 6.07) is 10.8. The first-order valence-electron chi connectivity index (χ1n) is 9.11. The fourth-order valence-electron chi connectivity index (χ4n) is 2.66. The summed E-state index contributed by atoms with van der Waals surface area (Å²) in [7, 11) is -1.69. The van der Waals surface area contributed by atoms with E-state index in [1.165, 1.54) is 31.2 Å². The molecule has 3 heteroatoms. The lowest BCUT2D eigenvalue weighted by atomic mass is 10.0. The summed E-state index contributed by atoms with van der Waals surface area (Å²) in [5, 5.41) is 0.277. The van der Waals surface area contributed by atoms with Gasteiger partial charge in [-0.15, -0.1) is 0 Å². The molecule has 1 fully saturated rings. The van der Waals surface area contributed by atoms with Crippen LogP contribution in [0, 0.1) is 0 Å². The Morgan fingerprint density at radius 1 is 1.17 bits per heavy atom. The Balaban J connectivity index is 1.79. The Labute approximate surface area is 143 Å². The molecule has 0 radical (unpaired) electrons. The molecule has 1 saturated heterocycles. The number of ether oxygens (including phenoxy) is 1. The van der Waals surface area contributed by atoms with E-state index in [1.807, 2.05) is 0 Å². The Kier molecular flexibility index (Phi) is 6.46. The van der Waals surface area contributed by atoms with Gasteiger partial charge in [0.15, 0.2) is 8.32 Å². The van der Waals surface area contributed by atoms with E-state index in [9.17, 15) is 0 Å². The normalized spacial score (nSPS) is 19.6. The number of unbranched alkanes of at least 4 members (excludes halogenated alkanes) is 1. The third-order valence-electron chi connectivity index (χ3n) is 5.28. The molecule has 2 rings (SSSR count). The predicted molar refractivity (Wildman–Crippen MR) is 100 cm³/mol. The van der Waals surface area contributed by atoms with Crippen molar-refractivity contribution in [2.75, 3.05) is 6.61 Å². The van der Waals surface area contributed by atoms with Gasteiger partial charge in [0, 0.05) is 12.5 Å². The van der Waals surface area contributed by atoms with Crippen molar-refractivity contribution in [1.82, 2.24) is 0 Å². The van der Waals surface area contributed by atoms with Crippen LogP contribution in [0.3, 0.4) is 0 Å². The van der Waals surface area contributed by atoms with Gasteiger partial charge in [-0.05, 0) is 43.0 Å². The summed E-state index contributed by atoms with van der Waals surface area (Å²) < 4.78 is 12.1. The molecule has 0 saturated carbocycles. The predicted octanol–water partition coefficient (Wildman–Crippen LogP) is 5.58. The minimum Gasteiger partial charge on any atom is -0.414 e. The highest BCUT2D eigenvalue weighted by Crippen LogP contribution is 2.38. The average molecular weight is 335 g/mol. The molecule has 0 bridgehead atoms. The van der Waals surface area contributed by atoms with Crippen LogP contribution < -0.4 is 0 Å². The summed E-state index contributed by atoms with van der Waals surface area (Å²) in [5.74, 6) is 0. The molecule has 1 aliphatic rings. The van der Waals surface area contributed by atoms with E-state index < -0.39 is 8.32 Å². The highest BCUT2D eigenvalue weighted by molar-refractivity contribution is 6.74. The van der Waals surface area contributed by atoms with Crippen LogP contribution in [0.1, 0.15) is 52.0 Å². The highest BCUT2D eigenvalue weighted by atomic mass is 28.4. The molecule has 0 spiro atoms. The van der Waals surface area contributed by atoms with E-state index in [4.69, 9.17) is 9.16 Å². The molecule has 1 heterocycles. The highest BCUT2D eigenvalue weighted by Gasteiger charge is 2.40. The maximum absolute atomic E-state index is 6.66. The largest absolute Gasteiger partial charge is 0.414 e. The summed E-state index contributed by atoms with van der Waals surface area (Å²) in [6.07, 6.45) is 6.73. The maximum Gasteiger partial charge on any atom is 0.192 e. The van der Waals surface area contributed by atoms with Gasteiger partial charge in [0.1, 0.15) is 0 Å². The number of hydrogen-bond donors (Lipinski definition) is 0. The topological polar surface area (TPSA) is 21.8 Å². The van der Waals surface area contributed by atoms with Crippen LogP contribution in [0.2, 0.25) is 18.1 Å². The summed E-state index contributed by atoms with van der Waals surface area (Å²) in [5.41, 5.74) is 1.44. The van der Waals surface area contributed by atoms with Crippen LogP contribution in [0.4, 0.5) is 0 Å². The van der Waals surface area contributed by atoms with Crippen molar-refractivity contribution >= 4 is 8.32 Å². The minimum absolute atomic E-state index is 0.277. The summed E-state index contributed by atoms with van der Waals surface area (Å²) in [6.45, 7) is 12.6. The summed E-state index contributed by atoms with van der Waals surface area (Å²) >= 11 is 0. The molecule has 2 atom stereocenters. The van der Waals surface area contributed by atoms with Crippen LogP contribution in [-0.2, 0) is 15.6 Å². The van der Waals surface area contributed by atoms with Gasteiger partial charge in [0.2, 0.25) is 0 Å². The van der Waals surface area contributed by atoms with E-state index in [0.29, 0.717) is 12.2 Å². The van der Waals surface area contributed by atoms with Crippen molar-refractivity contribution < 1.29 is 9.16 Å². The molecule has 23 heavy (non-hydrogen) atoms. The molecule has 0 N–H and O–H groups in total. The van der Waals surface area contributed by atoms with Gasteiger partial charge in [-0.25, -0.2) is 0 Å². The van der Waals surface area contributed by atoms with Crippen LogP contribution in [-0.4, -0.2) is 27.1 Å². The molecule has 2 nitrogen and oxygen atoms in total. The first-order valence-corrected chi connectivity index (χ1v) is 12.0. The van der Waals surface area contributed by atoms with Gasteiger partial charge in [0.25, 0.3) is 0 Å². The SMILES string of the molecule is CC(C)(C)[Si](C)(C)O[C@H](CCCCc1ccccc1)C[C@H]1CO1. The quantitative estimate of drug-likeness (QED) is 0.334. The van der Waals surface area contributed by atoms with Crippen LogP contribution in [0.25, 0.3) is 0 Å². The molecule has 0 aliphatic carbocycles. The second kappa shape index (κ2) is 7.95.